The molecular weight excluding hydrogens is 172 g/mol. The van der Waals surface area contributed by atoms with E-state index in [2.05, 4.69) is 10.8 Å². The van der Waals surface area contributed by atoms with Crippen LogP contribution < -0.4 is 5.73 Å². The van der Waals surface area contributed by atoms with Crippen molar-refractivity contribution in [1.29, 1.82) is 0 Å². The summed E-state index contributed by atoms with van der Waals surface area (Å²) in [5.41, 5.74) is 6.08. The molecule has 2 aliphatic rings. The molecule has 2 nitrogen and oxygen atoms in total. The average Bonchev–Trinajstić information content (AvgIpc) is 2.70. The van der Waals surface area contributed by atoms with E-state index < -0.39 is 0 Å². The fourth-order valence-corrected chi connectivity index (χ4v) is 2.99. The Morgan fingerprint density at radius 1 is 1.36 bits per heavy atom. The highest BCUT2D eigenvalue weighted by Gasteiger charge is 2.40. The minimum absolute atomic E-state index is 0.470. The second-order valence-corrected chi connectivity index (χ2v) is 4.73. The minimum Gasteiger partial charge on any atom is -0.327 e. The molecule has 3 atom stereocenters. The monoisotopic (exact) mass is 192 g/mol. The van der Waals surface area contributed by atoms with Crippen LogP contribution >= 0.6 is 0 Å². The lowest BCUT2D eigenvalue weighted by molar-refractivity contribution is 0.303. The van der Waals surface area contributed by atoms with Gasteiger partial charge in [-0.3, -0.25) is 0 Å². The number of hydrogen-bond acceptors (Lipinski definition) is 2. The first kappa shape index (κ1) is 10.0. The number of unbranched alkanes of at least 4 members (excludes halogenated alkanes) is 1. The Morgan fingerprint density at radius 2 is 2.21 bits per heavy atom. The van der Waals surface area contributed by atoms with E-state index in [-0.39, 0.29) is 0 Å². The van der Waals surface area contributed by atoms with Gasteiger partial charge in [0, 0.05) is 25.6 Å². The third kappa shape index (κ3) is 1.94. The molecule has 0 bridgehead atoms. The first-order chi connectivity index (χ1) is 6.81. The van der Waals surface area contributed by atoms with Gasteiger partial charge in [-0.05, 0) is 37.6 Å². The topological polar surface area (TPSA) is 29.3 Å². The first-order valence-corrected chi connectivity index (χ1v) is 5.72. The van der Waals surface area contributed by atoms with Gasteiger partial charge in [0.05, 0.1) is 0 Å². The smallest absolute Gasteiger partial charge is 0.00982 e. The van der Waals surface area contributed by atoms with Crippen molar-refractivity contribution in [3.8, 4) is 12.3 Å². The summed E-state index contributed by atoms with van der Waals surface area (Å²) in [5.74, 6) is 4.36. The van der Waals surface area contributed by atoms with E-state index in [1.54, 1.807) is 0 Å². The molecule has 2 rings (SSSR count). The molecule has 0 aromatic rings. The Kier molecular flexibility index (Phi) is 3.10. The lowest BCUT2D eigenvalue weighted by atomic mass is 9.98. The van der Waals surface area contributed by atoms with E-state index >= 15 is 0 Å². The Bertz CT molecular complexity index is 231. The minimum atomic E-state index is 0.470. The maximum atomic E-state index is 6.08. The highest BCUT2D eigenvalue weighted by molar-refractivity contribution is 4.95. The van der Waals surface area contributed by atoms with Gasteiger partial charge in [0.1, 0.15) is 0 Å². The predicted molar refractivity (Wildman–Crippen MR) is 58.7 cm³/mol. The predicted octanol–water partition coefficient (Wildman–Crippen LogP) is 1.07. The molecule has 0 amide bonds. The van der Waals surface area contributed by atoms with Crippen molar-refractivity contribution in [2.24, 2.45) is 17.6 Å². The number of likely N-dealkylation sites (tertiary alicyclic amines) is 1. The van der Waals surface area contributed by atoms with Crippen molar-refractivity contribution in [1.82, 2.24) is 4.90 Å². The molecule has 3 unspecified atom stereocenters. The fraction of sp³-hybridized carbons (Fsp3) is 0.833. The highest BCUT2D eigenvalue weighted by Crippen LogP contribution is 2.36. The van der Waals surface area contributed by atoms with Gasteiger partial charge in [-0.2, -0.15) is 0 Å². The molecule has 0 aromatic heterocycles. The number of rotatable bonds is 3. The van der Waals surface area contributed by atoms with Crippen molar-refractivity contribution in [3.63, 3.8) is 0 Å². The third-order valence-corrected chi connectivity index (χ3v) is 3.78. The van der Waals surface area contributed by atoms with E-state index in [0.717, 1.165) is 24.7 Å². The molecule has 0 radical (unpaired) electrons. The van der Waals surface area contributed by atoms with Crippen LogP contribution in [0.25, 0.3) is 0 Å². The average molecular weight is 192 g/mol. The summed E-state index contributed by atoms with van der Waals surface area (Å²) in [6.45, 7) is 3.66. The number of terminal acetylenes is 1. The summed E-state index contributed by atoms with van der Waals surface area (Å²) >= 11 is 0. The van der Waals surface area contributed by atoms with Crippen molar-refractivity contribution < 1.29 is 0 Å². The molecule has 2 fully saturated rings. The fourth-order valence-electron chi connectivity index (χ4n) is 2.99. The maximum Gasteiger partial charge on any atom is 0.00982 e. The van der Waals surface area contributed by atoms with Crippen LogP contribution in [0.1, 0.15) is 25.7 Å². The summed E-state index contributed by atoms with van der Waals surface area (Å²) in [5, 5.41) is 0. The van der Waals surface area contributed by atoms with E-state index in [0.29, 0.717) is 6.04 Å². The quantitative estimate of drug-likeness (QED) is 0.535. The van der Waals surface area contributed by atoms with E-state index in [9.17, 15) is 0 Å². The van der Waals surface area contributed by atoms with Crippen molar-refractivity contribution in [2.75, 3.05) is 19.6 Å². The molecule has 0 aromatic carbocycles. The molecule has 78 valence electrons. The second-order valence-electron chi connectivity index (χ2n) is 4.73. The number of nitrogens with zero attached hydrogens (tertiary/aromatic N) is 1. The van der Waals surface area contributed by atoms with Gasteiger partial charge in [0.2, 0.25) is 0 Å². The Balaban J connectivity index is 1.76. The molecular formula is C12H20N2. The number of fused-ring (bicyclic) bond motifs is 1. The SMILES string of the molecule is C#CCCCN1CC2CCC(N)C2C1. The van der Waals surface area contributed by atoms with E-state index in [1.807, 2.05) is 0 Å². The number of hydrogen-bond donors (Lipinski definition) is 1. The van der Waals surface area contributed by atoms with Crippen LogP contribution in [-0.2, 0) is 0 Å². The van der Waals surface area contributed by atoms with Gasteiger partial charge in [0.15, 0.2) is 0 Å². The molecule has 0 spiro atoms. The Morgan fingerprint density at radius 3 is 2.93 bits per heavy atom. The van der Waals surface area contributed by atoms with Gasteiger partial charge in [-0.25, -0.2) is 0 Å². The molecule has 1 saturated carbocycles. The molecule has 1 heterocycles. The van der Waals surface area contributed by atoms with Gasteiger partial charge < -0.3 is 10.6 Å². The standard InChI is InChI=1S/C12H20N2/c1-2-3-4-7-14-8-10-5-6-12(13)11(10)9-14/h1,10-12H,3-9,13H2. The van der Waals surface area contributed by atoms with Crippen molar-refractivity contribution in [2.45, 2.75) is 31.7 Å². The normalized spacial score (nSPS) is 37.0. The molecule has 1 aliphatic heterocycles. The van der Waals surface area contributed by atoms with Gasteiger partial charge >= 0.3 is 0 Å². The summed E-state index contributed by atoms with van der Waals surface area (Å²) in [4.78, 5) is 2.55. The van der Waals surface area contributed by atoms with Crippen molar-refractivity contribution >= 4 is 0 Å². The Labute approximate surface area is 86.8 Å². The van der Waals surface area contributed by atoms with Gasteiger partial charge in [-0.1, -0.05) is 0 Å². The zero-order chi connectivity index (χ0) is 9.97. The van der Waals surface area contributed by atoms with Crippen molar-refractivity contribution in [3.05, 3.63) is 0 Å². The molecule has 14 heavy (non-hydrogen) atoms. The third-order valence-electron chi connectivity index (χ3n) is 3.78. The maximum absolute atomic E-state index is 6.08. The van der Waals surface area contributed by atoms with Crippen LogP contribution in [0.15, 0.2) is 0 Å². The summed E-state index contributed by atoms with van der Waals surface area (Å²) in [6.07, 6.45) is 9.89. The molecule has 1 saturated heterocycles. The van der Waals surface area contributed by atoms with Gasteiger partial charge in [0.25, 0.3) is 0 Å². The van der Waals surface area contributed by atoms with Gasteiger partial charge in [-0.15, -0.1) is 12.3 Å². The Hall–Kier alpha value is -0.520. The lowest BCUT2D eigenvalue weighted by Gasteiger charge is -2.17. The number of nitrogens with two attached hydrogens (primary N) is 1. The largest absolute Gasteiger partial charge is 0.327 e. The van der Waals surface area contributed by atoms with Crippen LogP contribution in [0.4, 0.5) is 0 Å². The van der Waals surface area contributed by atoms with Crippen LogP contribution in [0.3, 0.4) is 0 Å². The van der Waals surface area contributed by atoms with Crippen LogP contribution in [0, 0.1) is 24.2 Å². The lowest BCUT2D eigenvalue weighted by Crippen LogP contribution is -2.30. The zero-order valence-electron chi connectivity index (χ0n) is 8.78. The summed E-state index contributed by atoms with van der Waals surface area (Å²) in [7, 11) is 0. The van der Waals surface area contributed by atoms with Crippen LogP contribution in [0.5, 0.6) is 0 Å². The second kappa shape index (κ2) is 4.33. The van der Waals surface area contributed by atoms with Crippen LogP contribution in [-0.4, -0.2) is 30.6 Å². The summed E-state index contributed by atoms with van der Waals surface area (Å²) < 4.78 is 0. The molecule has 2 heteroatoms. The highest BCUT2D eigenvalue weighted by atomic mass is 15.2. The molecule has 2 N–H and O–H groups in total. The molecule has 1 aliphatic carbocycles. The zero-order valence-corrected chi connectivity index (χ0v) is 8.78. The van der Waals surface area contributed by atoms with E-state index in [4.69, 9.17) is 12.2 Å². The van der Waals surface area contributed by atoms with Crippen LogP contribution in [0.2, 0.25) is 0 Å². The summed E-state index contributed by atoms with van der Waals surface area (Å²) in [6, 6.07) is 0.470. The van der Waals surface area contributed by atoms with E-state index in [1.165, 1.54) is 32.5 Å². The first-order valence-electron chi connectivity index (χ1n) is 5.72.